The number of methoxy groups -OCH3 is 2. The molecule has 10 nitrogen and oxygen atoms in total. The normalized spacial score (nSPS) is 16.2. The molecule has 0 bridgehead atoms. The average molecular weight is 698 g/mol. The zero-order valence-electron chi connectivity index (χ0n) is 23.2. The third-order valence-corrected chi connectivity index (χ3v) is 9.18. The number of nitrogens with zero attached hydrogens (tertiary/aromatic N) is 6. The third-order valence-electron chi connectivity index (χ3n) is 7.47. The number of hydrogen-bond donors (Lipinski definition) is 2. The number of likely N-dealkylation sites (tertiary alicyclic amines) is 2. The van der Waals surface area contributed by atoms with E-state index in [9.17, 15) is 10.2 Å². The van der Waals surface area contributed by atoms with Crippen molar-refractivity contribution < 1.29 is 19.7 Å². The van der Waals surface area contributed by atoms with Gasteiger partial charge in [0.1, 0.15) is 11.4 Å². The number of aliphatic hydroxyl groups excluding tert-OH is 2. The maximum absolute atomic E-state index is 9.61. The summed E-state index contributed by atoms with van der Waals surface area (Å²) in [6.45, 7) is 3.65. The van der Waals surface area contributed by atoms with Crippen LogP contribution in [0.1, 0.15) is 11.4 Å². The summed E-state index contributed by atoms with van der Waals surface area (Å²) >= 11 is 7.68. The van der Waals surface area contributed by atoms with Crippen molar-refractivity contribution in [3.63, 3.8) is 0 Å². The van der Waals surface area contributed by atoms with Crippen LogP contribution in [0.25, 0.3) is 33.6 Å². The summed E-state index contributed by atoms with van der Waals surface area (Å²) < 4.78 is 12.9. The Morgan fingerprint density at radius 3 is 1.43 bits per heavy atom. The second kappa shape index (κ2) is 12.3. The Morgan fingerprint density at radius 2 is 1.07 bits per heavy atom. The quantitative estimate of drug-likeness (QED) is 0.264. The fourth-order valence-electron chi connectivity index (χ4n) is 5.24. The van der Waals surface area contributed by atoms with Crippen LogP contribution in [-0.2, 0) is 13.1 Å². The second-order valence-electron chi connectivity index (χ2n) is 10.5. The van der Waals surface area contributed by atoms with Crippen molar-refractivity contribution in [3.05, 3.63) is 69.1 Å². The highest BCUT2D eigenvalue weighted by molar-refractivity contribution is 9.11. The number of benzene rings is 2. The first-order chi connectivity index (χ1) is 20.3. The number of β-amino-alcohol motifs (C(OH)–C–C–N with tert-alkyl or cyclic N) is 2. The van der Waals surface area contributed by atoms with Crippen LogP contribution < -0.4 is 9.47 Å². The van der Waals surface area contributed by atoms with Crippen molar-refractivity contribution in [1.29, 1.82) is 0 Å². The maximum atomic E-state index is 9.61. The molecule has 2 aliphatic heterocycles. The van der Waals surface area contributed by atoms with Gasteiger partial charge in [0, 0.05) is 59.3 Å². The van der Waals surface area contributed by atoms with Gasteiger partial charge in [0.2, 0.25) is 11.8 Å². The lowest BCUT2D eigenvalue weighted by Gasteiger charge is -2.35. The summed E-state index contributed by atoms with van der Waals surface area (Å²) in [6.07, 6.45) is 2.96. The lowest BCUT2D eigenvalue weighted by Crippen LogP contribution is -2.50. The lowest BCUT2D eigenvalue weighted by atomic mass is 9.99. The van der Waals surface area contributed by atoms with Gasteiger partial charge in [-0.05, 0) is 43.0 Å². The number of aliphatic hydroxyl groups is 2. The molecule has 4 aromatic rings. The second-order valence-corrected chi connectivity index (χ2v) is 12.0. The molecular weight excluding hydrogens is 668 g/mol. The molecular formula is C30H30Br2N6O4. The minimum Gasteiger partial charge on any atom is -0.480 e. The van der Waals surface area contributed by atoms with Crippen molar-refractivity contribution in [2.75, 3.05) is 40.4 Å². The number of halogens is 2. The molecule has 42 heavy (non-hydrogen) atoms. The van der Waals surface area contributed by atoms with Crippen LogP contribution in [0.4, 0.5) is 0 Å². The van der Waals surface area contributed by atoms with Gasteiger partial charge < -0.3 is 19.7 Å². The Kier molecular flexibility index (Phi) is 8.53. The average Bonchev–Trinajstić information content (AvgIpc) is 2.96. The summed E-state index contributed by atoms with van der Waals surface area (Å²) in [5.41, 5.74) is 6.53. The van der Waals surface area contributed by atoms with Crippen LogP contribution in [0.2, 0.25) is 0 Å². The van der Waals surface area contributed by atoms with Gasteiger partial charge in [0.15, 0.2) is 0 Å². The van der Waals surface area contributed by atoms with E-state index in [2.05, 4.69) is 51.6 Å². The fourth-order valence-corrected chi connectivity index (χ4v) is 6.60. The number of hydrogen-bond acceptors (Lipinski definition) is 10. The SMILES string of the molecule is COc1nc(-c2cccc(-c3cccc(-c4cnc(CN5CC(O)C5)c(OC)n4)c3Br)c2Br)cnc1CN1CC(O)C1. The van der Waals surface area contributed by atoms with Gasteiger partial charge in [0.05, 0.1) is 50.2 Å². The van der Waals surface area contributed by atoms with E-state index in [4.69, 9.17) is 19.4 Å². The molecule has 0 atom stereocenters. The first-order valence-electron chi connectivity index (χ1n) is 13.5. The molecule has 6 rings (SSSR count). The molecule has 12 heteroatoms. The van der Waals surface area contributed by atoms with Crippen molar-refractivity contribution in [3.8, 4) is 45.4 Å². The highest BCUT2D eigenvalue weighted by Crippen LogP contribution is 2.42. The van der Waals surface area contributed by atoms with E-state index in [1.165, 1.54) is 0 Å². The summed E-state index contributed by atoms with van der Waals surface area (Å²) in [5, 5.41) is 19.2. The predicted molar refractivity (Wildman–Crippen MR) is 165 cm³/mol. The van der Waals surface area contributed by atoms with Crippen LogP contribution in [-0.4, -0.2) is 92.6 Å². The van der Waals surface area contributed by atoms with Crippen molar-refractivity contribution >= 4 is 31.9 Å². The van der Waals surface area contributed by atoms with Crippen molar-refractivity contribution in [2.45, 2.75) is 25.3 Å². The van der Waals surface area contributed by atoms with E-state index in [1.807, 2.05) is 36.4 Å². The van der Waals surface area contributed by atoms with Crippen LogP contribution in [0, 0.1) is 0 Å². The van der Waals surface area contributed by atoms with Crippen LogP contribution in [0.15, 0.2) is 57.7 Å². The van der Waals surface area contributed by atoms with E-state index >= 15 is 0 Å². The predicted octanol–water partition coefficient (Wildman–Crippen LogP) is 4.16. The highest BCUT2D eigenvalue weighted by Gasteiger charge is 2.27. The zero-order chi connectivity index (χ0) is 29.4. The summed E-state index contributed by atoms with van der Waals surface area (Å²) in [7, 11) is 3.19. The van der Waals surface area contributed by atoms with Crippen LogP contribution >= 0.6 is 31.9 Å². The summed E-state index contributed by atoms with van der Waals surface area (Å²) in [4.78, 5) is 23.1. The standard InChI is InChI=1S/C30H30Br2N6O4/c1-41-29-25(15-37-11-17(39)12-37)33-9-23(35-29)21-7-3-5-19(27(21)31)20-6-4-8-22(28(20)32)24-10-34-26(30(36-24)42-2)16-38-13-18(40)14-38/h3-10,17-18,39-40H,11-16H2,1-2H3. The third kappa shape index (κ3) is 5.79. The Hall–Kier alpha value is -3.00. The number of aromatic nitrogens is 4. The molecule has 4 heterocycles. The Bertz CT molecular complexity index is 1490. The lowest BCUT2D eigenvalue weighted by molar-refractivity contribution is -0.00422. The number of ether oxygens (including phenoxy) is 2. The molecule has 0 aliphatic carbocycles. The van der Waals surface area contributed by atoms with Crippen LogP contribution in [0.3, 0.4) is 0 Å². The molecule has 2 aliphatic rings. The molecule has 0 spiro atoms. The van der Waals surface area contributed by atoms with Crippen LogP contribution in [0.5, 0.6) is 11.8 Å². The first-order valence-corrected chi connectivity index (χ1v) is 15.1. The largest absolute Gasteiger partial charge is 0.480 e. The molecule has 0 unspecified atom stereocenters. The van der Waals surface area contributed by atoms with Gasteiger partial charge in [-0.2, -0.15) is 0 Å². The van der Waals surface area contributed by atoms with E-state index in [1.54, 1.807) is 26.6 Å². The smallest absolute Gasteiger partial charge is 0.237 e. The van der Waals surface area contributed by atoms with E-state index < -0.39 is 0 Å². The molecule has 2 saturated heterocycles. The fraction of sp³-hybridized carbons (Fsp3) is 0.333. The molecule has 2 N–H and O–H groups in total. The molecule has 0 radical (unpaired) electrons. The van der Waals surface area contributed by atoms with Gasteiger partial charge in [-0.15, -0.1) is 0 Å². The van der Waals surface area contributed by atoms with Crippen molar-refractivity contribution in [1.82, 2.24) is 29.7 Å². The minimum atomic E-state index is -0.279. The summed E-state index contributed by atoms with van der Waals surface area (Å²) in [5.74, 6) is 0.936. The minimum absolute atomic E-state index is 0.279. The monoisotopic (exact) mass is 696 g/mol. The van der Waals surface area contributed by atoms with E-state index in [-0.39, 0.29) is 12.2 Å². The Morgan fingerprint density at radius 1 is 0.690 bits per heavy atom. The Balaban J connectivity index is 1.30. The summed E-state index contributed by atoms with van der Waals surface area (Å²) in [6, 6.07) is 12.1. The molecule has 2 fully saturated rings. The molecule has 0 amide bonds. The van der Waals surface area contributed by atoms with E-state index in [0.717, 1.165) is 42.6 Å². The van der Waals surface area contributed by atoms with Gasteiger partial charge in [0.25, 0.3) is 0 Å². The molecule has 2 aromatic carbocycles. The van der Waals surface area contributed by atoms with Gasteiger partial charge in [-0.3, -0.25) is 19.8 Å². The highest BCUT2D eigenvalue weighted by atomic mass is 79.9. The van der Waals surface area contributed by atoms with Crippen molar-refractivity contribution in [2.24, 2.45) is 0 Å². The van der Waals surface area contributed by atoms with Gasteiger partial charge >= 0.3 is 0 Å². The maximum Gasteiger partial charge on any atom is 0.237 e. The number of rotatable bonds is 9. The van der Waals surface area contributed by atoms with Gasteiger partial charge in [-0.25, -0.2) is 9.97 Å². The van der Waals surface area contributed by atoms with Gasteiger partial charge in [-0.1, -0.05) is 36.4 Å². The molecule has 0 saturated carbocycles. The Labute approximate surface area is 260 Å². The van der Waals surface area contributed by atoms with E-state index in [0.29, 0.717) is 62.4 Å². The zero-order valence-corrected chi connectivity index (χ0v) is 26.3. The molecule has 2 aromatic heterocycles. The first kappa shape index (κ1) is 29.1. The topological polar surface area (TPSA) is 117 Å². The molecule has 218 valence electrons.